The molecule has 0 saturated carbocycles. The van der Waals surface area contributed by atoms with Gasteiger partial charge in [-0.15, -0.1) is 12.6 Å². The molecule has 3 nitrogen and oxygen atoms in total. The fourth-order valence-corrected chi connectivity index (χ4v) is 1.69. The molecule has 0 bridgehead atoms. The van der Waals surface area contributed by atoms with Gasteiger partial charge in [-0.1, -0.05) is 6.92 Å². The summed E-state index contributed by atoms with van der Waals surface area (Å²) >= 11 is 4.15. The lowest BCUT2D eigenvalue weighted by molar-refractivity contribution is 0.0695. The van der Waals surface area contributed by atoms with Crippen molar-refractivity contribution in [2.24, 2.45) is 0 Å². The standard InChI is InChI=1S/C10H9NO2S/c1-2-7-8(10(12)13)4-3-6(5-11)9(7)14/h3-4,14H,2H2,1H3,(H,12,13). The third-order valence-electron chi connectivity index (χ3n) is 1.99. The van der Waals surface area contributed by atoms with Crippen molar-refractivity contribution in [3.05, 3.63) is 28.8 Å². The van der Waals surface area contributed by atoms with Gasteiger partial charge in [0.15, 0.2) is 0 Å². The van der Waals surface area contributed by atoms with Crippen LogP contribution in [-0.4, -0.2) is 11.1 Å². The summed E-state index contributed by atoms with van der Waals surface area (Å²) in [6.07, 6.45) is 0.552. The Hall–Kier alpha value is -1.47. The largest absolute Gasteiger partial charge is 0.478 e. The highest BCUT2D eigenvalue weighted by atomic mass is 32.1. The van der Waals surface area contributed by atoms with Crippen LogP contribution in [0, 0.1) is 11.3 Å². The number of carboxylic acid groups (broad SMARTS) is 1. The summed E-state index contributed by atoms with van der Waals surface area (Å²) < 4.78 is 0. The fourth-order valence-electron chi connectivity index (χ4n) is 1.28. The molecular formula is C10H9NO2S. The number of nitrogens with zero attached hydrogens (tertiary/aromatic N) is 1. The first-order valence-electron chi connectivity index (χ1n) is 4.10. The number of benzene rings is 1. The highest BCUT2D eigenvalue weighted by molar-refractivity contribution is 7.80. The Morgan fingerprint density at radius 2 is 2.29 bits per heavy atom. The maximum Gasteiger partial charge on any atom is 0.336 e. The number of carboxylic acids is 1. The van der Waals surface area contributed by atoms with E-state index in [0.717, 1.165) is 0 Å². The first kappa shape index (κ1) is 10.6. The molecule has 1 aromatic rings. The van der Waals surface area contributed by atoms with E-state index in [1.807, 2.05) is 13.0 Å². The highest BCUT2D eigenvalue weighted by Gasteiger charge is 2.13. The number of rotatable bonds is 2. The van der Waals surface area contributed by atoms with E-state index in [-0.39, 0.29) is 5.56 Å². The molecule has 0 atom stereocenters. The van der Waals surface area contributed by atoms with E-state index in [0.29, 0.717) is 22.4 Å². The van der Waals surface area contributed by atoms with Crippen LogP contribution < -0.4 is 0 Å². The molecule has 0 aliphatic rings. The second kappa shape index (κ2) is 4.16. The van der Waals surface area contributed by atoms with Crippen molar-refractivity contribution in [2.45, 2.75) is 18.2 Å². The minimum Gasteiger partial charge on any atom is -0.478 e. The Morgan fingerprint density at radius 1 is 1.64 bits per heavy atom. The Bertz CT molecular complexity index is 421. The molecule has 0 spiro atoms. The third-order valence-corrected chi connectivity index (χ3v) is 2.50. The fraction of sp³-hybridized carbons (Fsp3) is 0.200. The number of carbonyl (C=O) groups is 1. The minimum atomic E-state index is -0.985. The topological polar surface area (TPSA) is 61.1 Å². The van der Waals surface area contributed by atoms with Crippen LogP contribution in [0.3, 0.4) is 0 Å². The predicted octanol–water partition coefficient (Wildman–Crippen LogP) is 2.11. The average Bonchev–Trinajstić information content (AvgIpc) is 2.17. The van der Waals surface area contributed by atoms with E-state index < -0.39 is 5.97 Å². The van der Waals surface area contributed by atoms with Crippen LogP contribution in [-0.2, 0) is 6.42 Å². The molecule has 0 unspecified atom stereocenters. The van der Waals surface area contributed by atoms with Gasteiger partial charge in [-0.2, -0.15) is 5.26 Å². The number of nitriles is 1. The van der Waals surface area contributed by atoms with Gasteiger partial charge >= 0.3 is 5.97 Å². The second-order valence-corrected chi connectivity index (χ2v) is 3.21. The molecule has 72 valence electrons. The highest BCUT2D eigenvalue weighted by Crippen LogP contribution is 2.23. The SMILES string of the molecule is CCc1c(C(=O)O)ccc(C#N)c1S. The second-order valence-electron chi connectivity index (χ2n) is 2.76. The number of aromatic carboxylic acids is 1. The Labute approximate surface area is 87.4 Å². The van der Waals surface area contributed by atoms with Crippen LogP contribution in [0.4, 0.5) is 0 Å². The predicted molar refractivity (Wildman–Crippen MR) is 54.7 cm³/mol. The lowest BCUT2D eigenvalue weighted by Gasteiger charge is -2.07. The van der Waals surface area contributed by atoms with Crippen molar-refractivity contribution in [3.63, 3.8) is 0 Å². The average molecular weight is 207 g/mol. The van der Waals surface area contributed by atoms with E-state index in [1.165, 1.54) is 12.1 Å². The van der Waals surface area contributed by atoms with Crippen LogP contribution >= 0.6 is 12.6 Å². The monoisotopic (exact) mass is 207 g/mol. The van der Waals surface area contributed by atoms with Gasteiger partial charge in [-0.25, -0.2) is 4.79 Å². The van der Waals surface area contributed by atoms with E-state index in [4.69, 9.17) is 10.4 Å². The summed E-state index contributed by atoms with van der Waals surface area (Å²) in [4.78, 5) is 11.3. The summed E-state index contributed by atoms with van der Waals surface area (Å²) in [6, 6.07) is 4.89. The van der Waals surface area contributed by atoms with Crippen LogP contribution in [0.15, 0.2) is 17.0 Å². The molecule has 1 aromatic carbocycles. The molecule has 0 amide bonds. The van der Waals surface area contributed by atoms with Crippen molar-refractivity contribution in [1.29, 1.82) is 5.26 Å². The van der Waals surface area contributed by atoms with Crippen molar-refractivity contribution >= 4 is 18.6 Å². The first-order chi connectivity index (χ1) is 6.61. The summed E-state index contributed by atoms with van der Waals surface area (Å²) in [6.45, 7) is 1.84. The Morgan fingerprint density at radius 3 is 2.71 bits per heavy atom. The lowest BCUT2D eigenvalue weighted by atomic mass is 10.0. The van der Waals surface area contributed by atoms with Crippen molar-refractivity contribution in [3.8, 4) is 6.07 Å². The molecule has 0 aliphatic carbocycles. The maximum atomic E-state index is 10.8. The number of thiol groups is 1. The van der Waals surface area contributed by atoms with Gasteiger partial charge in [-0.3, -0.25) is 0 Å². The third kappa shape index (κ3) is 1.73. The Kier molecular flexibility index (Phi) is 3.15. The van der Waals surface area contributed by atoms with Crippen LogP contribution in [0.2, 0.25) is 0 Å². The van der Waals surface area contributed by atoms with Gasteiger partial charge in [0.2, 0.25) is 0 Å². The van der Waals surface area contributed by atoms with Crippen LogP contribution in [0.5, 0.6) is 0 Å². The van der Waals surface area contributed by atoms with Gasteiger partial charge in [0.1, 0.15) is 6.07 Å². The molecule has 1 N–H and O–H groups in total. The zero-order valence-corrected chi connectivity index (χ0v) is 8.51. The molecular weight excluding hydrogens is 198 g/mol. The summed E-state index contributed by atoms with van der Waals surface area (Å²) in [5.74, 6) is -0.985. The summed E-state index contributed by atoms with van der Waals surface area (Å²) in [7, 11) is 0. The van der Waals surface area contributed by atoms with Crippen molar-refractivity contribution < 1.29 is 9.90 Å². The van der Waals surface area contributed by atoms with Gasteiger partial charge in [0.25, 0.3) is 0 Å². The quantitative estimate of drug-likeness (QED) is 0.730. The zero-order chi connectivity index (χ0) is 10.7. The summed E-state index contributed by atoms with van der Waals surface area (Å²) in [5, 5.41) is 17.6. The van der Waals surface area contributed by atoms with E-state index >= 15 is 0 Å². The summed E-state index contributed by atoms with van der Waals surface area (Å²) in [5.41, 5.74) is 1.24. The molecule has 0 saturated heterocycles. The normalized spacial score (nSPS) is 9.50. The van der Waals surface area contributed by atoms with E-state index in [9.17, 15) is 4.79 Å². The zero-order valence-electron chi connectivity index (χ0n) is 7.61. The molecule has 1 rings (SSSR count). The molecule has 0 aromatic heterocycles. The molecule has 0 radical (unpaired) electrons. The van der Waals surface area contributed by atoms with Gasteiger partial charge in [-0.05, 0) is 24.1 Å². The molecule has 4 heteroatoms. The van der Waals surface area contributed by atoms with Gasteiger partial charge in [0, 0.05) is 4.90 Å². The molecule has 14 heavy (non-hydrogen) atoms. The van der Waals surface area contributed by atoms with Gasteiger partial charge in [0.05, 0.1) is 11.1 Å². The molecule has 0 fully saturated rings. The van der Waals surface area contributed by atoms with Crippen molar-refractivity contribution in [2.75, 3.05) is 0 Å². The van der Waals surface area contributed by atoms with E-state index in [2.05, 4.69) is 12.6 Å². The minimum absolute atomic E-state index is 0.219. The smallest absolute Gasteiger partial charge is 0.336 e. The van der Waals surface area contributed by atoms with Crippen LogP contribution in [0.1, 0.15) is 28.4 Å². The first-order valence-corrected chi connectivity index (χ1v) is 4.54. The molecule has 0 aliphatic heterocycles. The molecule has 0 heterocycles. The van der Waals surface area contributed by atoms with Gasteiger partial charge < -0.3 is 5.11 Å². The maximum absolute atomic E-state index is 10.8. The number of hydrogen-bond acceptors (Lipinski definition) is 3. The number of hydrogen-bond donors (Lipinski definition) is 2. The lowest BCUT2D eigenvalue weighted by Crippen LogP contribution is -2.03. The van der Waals surface area contributed by atoms with Crippen LogP contribution in [0.25, 0.3) is 0 Å². The Balaban J connectivity index is 3.45. The van der Waals surface area contributed by atoms with Crippen molar-refractivity contribution in [1.82, 2.24) is 0 Å². The van der Waals surface area contributed by atoms with E-state index in [1.54, 1.807) is 0 Å².